The van der Waals surface area contributed by atoms with Crippen LogP contribution in [-0.4, -0.2) is 27.2 Å². The Morgan fingerprint density at radius 3 is 2.78 bits per heavy atom. The fourth-order valence-corrected chi connectivity index (χ4v) is 1.63. The molecule has 5 heteroatoms. The van der Waals surface area contributed by atoms with E-state index in [1.165, 1.54) is 0 Å². The summed E-state index contributed by atoms with van der Waals surface area (Å²) < 4.78 is 6.74. The van der Waals surface area contributed by atoms with Crippen molar-refractivity contribution in [1.82, 2.24) is 15.0 Å². The molecule has 0 saturated carbocycles. The predicted octanol–water partition coefficient (Wildman–Crippen LogP) is 1.64. The van der Waals surface area contributed by atoms with Crippen molar-refractivity contribution in [2.24, 2.45) is 0 Å². The van der Waals surface area contributed by atoms with Crippen molar-refractivity contribution < 1.29 is 9.84 Å². The molecule has 0 aliphatic carbocycles. The van der Waals surface area contributed by atoms with Crippen LogP contribution in [0.4, 0.5) is 0 Å². The Morgan fingerprint density at radius 2 is 2.17 bits per heavy atom. The van der Waals surface area contributed by atoms with Gasteiger partial charge in [0, 0.05) is 7.11 Å². The molecule has 18 heavy (non-hydrogen) atoms. The summed E-state index contributed by atoms with van der Waals surface area (Å²) in [6.45, 7) is 3.92. The smallest absolute Gasteiger partial charge is 0.114 e. The summed E-state index contributed by atoms with van der Waals surface area (Å²) >= 11 is 0. The molecule has 0 spiro atoms. The van der Waals surface area contributed by atoms with Crippen molar-refractivity contribution >= 4 is 0 Å². The number of rotatable bonds is 4. The van der Waals surface area contributed by atoms with E-state index >= 15 is 0 Å². The molecule has 1 heterocycles. The summed E-state index contributed by atoms with van der Waals surface area (Å²) in [7, 11) is 1.66. The summed E-state index contributed by atoms with van der Waals surface area (Å²) in [5.74, 6) is 0. The van der Waals surface area contributed by atoms with Crippen LogP contribution in [0.15, 0.2) is 30.5 Å². The number of nitrogens with zero attached hydrogens (tertiary/aromatic N) is 3. The third-order valence-corrected chi connectivity index (χ3v) is 2.61. The van der Waals surface area contributed by atoms with Gasteiger partial charge in [-0.1, -0.05) is 17.3 Å². The first kappa shape index (κ1) is 12.7. The second kappa shape index (κ2) is 4.88. The third-order valence-electron chi connectivity index (χ3n) is 2.61. The molecule has 96 valence electrons. The maximum Gasteiger partial charge on any atom is 0.114 e. The lowest BCUT2D eigenvalue weighted by Crippen LogP contribution is -2.15. The zero-order valence-corrected chi connectivity index (χ0v) is 10.8. The number of methoxy groups -OCH3 is 1. The molecule has 1 aromatic heterocycles. The zero-order valence-electron chi connectivity index (χ0n) is 10.8. The molecule has 0 aliphatic rings. The van der Waals surface area contributed by atoms with Crippen molar-refractivity contribution in [3.05, 3.63) is 41.7 Å². The zero-order chi connectivity index (χ0) is 13.2. The summed E-state index contributed by atoms with van der Waals surface area (Å²) in [6.07, 6.45) is 1.73. The van der Waals surface area contributed by atoms with Crippen molar-refractivity contribution in [2.75, 3.05) is 7.11 Å². The van der Waals surface area contributed by atoms with Crippen LogP contribution in [0.3, 0.4) is 0 Å². The van der Waals surface area contributed by atoms with E-state index in [9.17, 15) is 5.11 Å². The minimum absolute atomic E-state index is 0.541. The quantitative estimate of drug-likeness (QED) is 0.892. The topological polar surface area (TPSA) is 60.2 Å². The van der Waals surface area contributed by atoms with Crippen LogP contribution in [0, 0.1) is 0 Å². The van der Waals surface area contributed by atoms with E-state index in [1.54, 1.807) is 31.8 Å². The van der Waals surface area contributed by atoms with E-state index in [-0.39, 0.29) is 0 Å². The summed E-state index contributed by atoms with van der Waals surface area (Å²) in [4.78, 5) is 0. The normalized spacial score (nSPS) is 11.8. The van der Waals surface area contributed by atoms with Crippen LogP contribution in [0.1, 0.15) is 25.1 Å². The highest BCUT2D eigenvalue weighted by Gasteiger charge is 2.20. The van der Waals surface area contributed by atoms with Gasteiger partial charge in [-0.05, 0) is 31.5 Å². The Bertz CT molecular complexity index is 529. The lowest BCUT2D eigenvalue weighted by atomic mass is 10.1. The van der Waals surface area contributed by atoms with Crippen molar-refractivity contribution in [1.29, 1.82) is 0 Å². The van der Waals surface area contributed by atoms with Gasteiger partial charge in [-0.25, -0.2) is 4.68 Å². The highest BCUT2D eigenvalue weighted by molar-refractivity contribution is 5.35. The number of ether oxygens (including phenoxy) is 1. The molecular weight excluding hydrogens is 230 g/mol. The molecule has 0 fully saturated rings. The lowest BCUT2D eigenvalue weighted by Gasteiger charge is -2.11. The minimum Gasteiger partial charge on any atom is -0.384 e. The molecule has 2 aromatic rings. The van der Waals surface area contributed by atoms with Gasteiger partial charge in [0.25, 0.3) is 0 Å². The Kier molecular flexibility index (Phi) is 3.45. The molecule has 0 atom stereocenters. The monoisotopic (exact) mass is 247 g/mol. The van der Waals surface area contributed by atoms with Crippen molar-refractivity contribution in [3.8, 4) is 5.69 Å². The Balaban J connectivity index is 2.31. The molecule has 0 bridgehead atoms. The van der Waals surface area contributed by atoms with Crippen LogP contribution in [0.5, 0.6) is 0 Å². The molecule has 0 amide bonds. The molecule has 0 aliphatic heterocycles. The first-order valence-electron chi connectivity index (χ1n) is 5.74. The number of aliphatic hydroxyl groups is 1. The standard InChI is InChI=1S/C13H17N3O2/c1-13(2,17)12-8-16(15-14-12)11-6-4-5-10(7-11)9-18-3/h4-8,17H,9H2,1-3H3. The molecule has 0 unspecified atom stereocenters. The van der Waals surface area contributed by atoms with Gasteiger partial charge in [0.15, 0.2) is 0 Å². The first-order valence-corrected chi connectivity index (χ1v) is 5.74. The molecule has 1 N–H and O–H groups in total. The Hall–Kier alpha value is -1.72. The largest absolute Gasteiger partial charge is 0.384 e. The van der Waals surface area contributed by atoms with Crippen LogP contribution >= 0.6 is 0 Å². The highest BCUT2D eigenvalue weighted by atomic mass is 16.5. The Morgan fingerprint density at radius 1 is 1.39 bits per heavy atom. The highest BCUT2D eigenvalue weighted by Crippen LogP contribution is 2.18. The van der Waals surface area contributed by atoms with Crippen molar-refractivity contribution in [3.63, 3.8) is 0 Å². The van der Waals surface area contributed by atoms with E-state index in [4.69, 9.17) is 4.74 Å². The van der Waals surface area contributed by atoms with E-state index < -0.39 is 5.60 Å². The average Bonchev–Trinajstić information content (AvgIpc) is 2.78. The SMILES string of the molecule is COCc1cccc(-n2cc(C(C)(C)O)nn2)c1. The molecule has 1 aromatic carbocycles. The minimum atomic E-state index is -0.984. The summed E-state index contributed by atoms with van der Waals surface area (Å²) in [6, 6.07) is 7.84. The molecule has 0 saturated heterocycles. The first-order chi connectivity index (χ1) is 8.50. The van der Waals surface area contributed by atoms with Gasteiger partial charge in [-0.15, -0.1) is 5.10 Å². The number of aromatic nitrogens is 3. The molecule has 0 radical (unpaired) electrons. The van der Waals surface area contributed by atoms with E-state index in [0.717, 1.165) is 11.3 Å². The second-order valence-corrected chi connectivity index (χ2v) is 4.71. The molecule has 2 rings (SSSR count). The maximum atomic E-state index is 9.85. The van der Waals surface area contributed by atoms with Crippen molar-refractivity contribution in [2.45, 2.75) is 26.1 Å². The number of hydrogen-bond acceptors (Lipinski definition) is 4. The van der Waals surface area contributed by atoms with Gasteiger partial charge >= 0.3 is 0 Å². The fraction of sp³-hybridized carbons (Fsp3) is 0.385. The van der Waals surface area contributed by atoms with Crippen LogP contribution in [-0.2, 0) is 16.9 Å². The Labute approximate surface area is 106 Å². The number of benzene rings is 1. The van der Waals surface area contributed by atoms with Crippen LogP contribution in [0.25, 0.3) is 5.69 Å². The predicted molar refractivity (Wildman–Crippen MR) is 67.3 cm³/mol. The van der Waals surface area contributed by atoms with E-state index in [1.807, 2.05) is 24.3 Å². The molecular formula is C13H17N3O2. The average molecular weight is 247 g/mol. The summed E-state index contributed by atoms with van der Waals surface area (Å²) in [5.41, 5.74) is 1.52. The van der Waals surface area contributed by atoms with Gasteiger partial charge in [-0.3, -0.25) is 0 Å². The second-order valence-electron chi connectivity index (χ2n) is 4.71. The van der Waals surface area contributed by atoms with E-state index in [2.05, 4.69) is 10.3 Å². The van der Waals surface area contributed by atoms with Gasteiger partial charge in [-0.2, -0.15) is 0 Å². The van der Waals surface area contributed by atoms with Gasteiger partial charge < -0.3 is 9.84 Å². The molecule has 5 nitrogen and oxygen atoms in total. The van der Waals surface area contributed by atoms with Gasteiger partial charge in [0.05, 0.1) is 18.5 Å². The third kappa shape index (κ3) is 2.75. The van der Waals surface area contributed by atoms with Crippen LogP contribution < -0.4 is 0 Å². The number of hydrogen-bond donors (Lipinski definition) is 1. The van der Waals surface area contributed by atoms with Crippen LogP contribution in [0.2, 0.25) is 0 Å². The van der Waals surface area contributed by atoms with Gasteiger partial charge in [0.1, 0.15) is 11.3 Å². The fourth-order valence-electron chi connectivity index (χ4n) is 1.63. The summed E-state index contributed by atoms with van der Waals surface area (Å²) in [5, 5.41) is 17.8. The lowest BCUT2D eigenvalue weighted by molar-refractivity contribution is 0.0737. The van der Waals surface area contributed by atoms with E-state index in [0.29, 0.717) is 12.3 Å². The maximum absolute atomic E-state index is 9.85. The van der Waals surface area contributed by atoms with Gasteiger partial charge in [0.2, 0.25) is 0 Å².